The number of hydrogen-bond acceptors (Lipinski definition) is 3. The summed E-state index contributed by atoms with van der Waals surface area (Å²) in [6, 6.07) is 9.92. The van der Waals surface area contributed by atoms with Crippen LogP contribution in [0.2, 0.25) is 4.34 Å². The summed E-state index contributed by atoms with van der Waals surface area (Å²) in [6.45, 7) is 3.31. The molecule has 1 heterocycles. The first-order chi connectivity index (χ1) is 10.1. The summed E-state index contributed by atoms with van der Waals surface area (Å²) in [7, 11) is 0. The molecule has 2 rings (SSSR count). The van der Waals surface area contributed by atoms with Gasteiger partial charge in [-0.1, -0.05) is 23.7 Å². The zero-order valence-electron chi connectivity index (χ0n) is 11.6. The van der Waals surface area contributed by atoms with Gasteiger partial charge in [0.05, 0.1) is 6.42 Å². The van der Waals surface area contributed by atoms with E-state index in [1.54, 1.807) is 11.3 Å². The van der Waals surface area contributed by atoms with Gasteiger partial charge in [0.1, 0.15) is 4.34 Å². The van der Waals surface area contributed by atoms with E-state index in [9.17, 15) is 4.79 Å². The number of thiophene rings is 1. The number of amides is 1. The van der Waals surface area contributed by atoms with Crippen molar-refractivity contribution < 1.29 is 4.79 Å². The second kappa shape index (κ2) is 7.82. The molecule has 21 heavy (non-hydrogen) atoms. The van der Waals surface area contributed by atoms with Crippen LogP contribution >= 0.6 is 38.9 Å². The van der Waals surface area contributed by atoms with Crippen LogP contribution in [0, 0.1) is 0 Å². The molecule has 0 saturated carbocycles. The van der Waals surface area contributed by atoms with Crippen LogP contribution in [0.15, 0.2) is 34.8 Å². The van der Waals surface area contributed by atoms with Crippen LogP contribution in [-0.2, 0) is 17.8 Å². The Morgan fingerprint density at radius 1 is 1.33 bits per heavy atom. The van der Waals surface area contributed by atoms with Gasteiger partial charge in [0.25, 0.3) is 0 Å². The molecule has 2 aromatic rings. The molecule has 0 saturated heterocycles. The third-order valence-corrected chi connectivity index (χ3v) is 5.33. The Kier molecular flexibility index (Phi) is 6.08. The lowest BCUT2D eigenvalue weighted by Crippen LogP contribution is -2.24. The third kappa shape index (κ3) is 5.02. The van der Waals surface area contributed by atoms with Crippen molar-refractivity contribution in [1.82, 2.24) is 5.32 Å². The van der Waals surface area contributed by atoms with E-state index in [0.29, 0.717) is 13.0 Å². The van der Waals surface area contributed by atoms with Gasteiger partial charge in [-0.15, -0.1) is 11.3 Å². The number of benzene rings is 1. The van der Waals surface area contributed by atoms with Crippen LogP contribution in [0.1, 0.15) is 17.4 Å². The van der Waals surface area contributed by atoms with Gasteiger partial charge < -0.3 is 10.6 Å². The van der Waals surface area contributed by atoms with E-state index in [1.165, 1.54) is 4.88 Å². The summed E-state index contributed by atoms with van der Waals surface area (Å²) >= 11 is 11.0. The van der Waals surface area contributed by atoms with Crippen LogP contribution in [0.3, 0.4) is 0 Å². The van der Waals surface area contributed by atoms with Gasteiger partial charge in [-0.2, -0.15) is 0 Å². The Hall–Kier alpha value is -1.04. The minimum absolute atomic E-state index is 0.0521. The third-order valence-electron chi connectivity index (χ3n) is 2.86. The lowest BCUT2D eigenvalue weighted by Gasteiger charge is -2.06. The first-order valence-electron chi connectivity index (χ1n) is 6.61. The molecule has 3 nitrogen and oxygen atoms in total. The summed E-state index contributed by atoms with van der Waals surface area (Å²) in [6.07, 6.45) is 0.418. The zero-order valence-corrected chi connectivity index (χ0v) is 14.7. The molecular weight excluding hydrogens is 372 g/mol. The highest BCUT2D eigenvalue weighted by Gasteiger charge is 2.05. The molecule has 0 fully saturated rings. The van der Waals surface area contributed by atoms with Crippen molar-refractivity contribution in [3.8, 4) is 0 Å². The maximum atomic E-state index is 11.5. The molecule has 0 bridgehead atoms. The molecule has 112 valence electrons. The van der Waals surface area contributed by atoms with E-state index >= 15 is 0 Å². The summed E-state index contributed by atoms with van der Waals surface area (Å²) in [5.74, 6) is 0.0521. The number of anilines is 1. The van der Waals surface area contributed by atoms with Gasteiger partial charge in [0.2, 0.25) is 5.91 Å². The fraction of sp³-hybridized carbons (Fsp3) is 0.267. The van der Waals surface area contributed by atoms with Crippen LogP contribution in [0.4, 0.5) is 5.69 Å². The van der Waals surface area contributed by atoms with Crippen LogP contribution < -0.4 is 10.6 Å². The second-order valence-corrected chi connectivity index (χ2v) is 7.11. The standard InChI is InChI=1S/C15H16BrClN2OS/c1-2-18-14(20)7-10-3-5-11(6-4-10)19-9-12-8-13(16)15(17)21-12/h3-6,8,19H,2,7,9H2,1H3,(H,18,20). The van der Waals surface area contributed by atoms with Gasteiger partial charge in [0, 0.05) is 28.1 Å². The first kappa shape index (κ1) is 16.3. The van der Waals surface area contributed by atoms with Crippen LogP contribution in [-0.4, -0.2) is 12.5 Å². The highest BCUT2D eigenvalue weighted by atomic mass is 79.9. The Labute approximate surface area is 141 Å². The topological polar surface area (TPSA) is 41.1 Å². The van der Waals surface area contributed by atoms with E-state index in [4.69, 9.17) is 11.6 Å². The number of halogens is 2. The number of carbonyl (C=O) groups excluding carboxylic acids is 1. The molecule has 0 aliphatic heterocycles. The van der Waals surface area contributed by atoms with Crippen molar-refractivity contribution in [2.75, 3.05) is 11.9 Å². The fourth-order valence-corrected chi connectivity index (χ4v) is 3.58. The summed E-state index contributed by atoms with van der Waals surface area (Å²) < 4.78 is 1.70. The van der Waals surface area contributed by atoms with Crippen LogP contribution in [0.5, 0.6) is 0 Å². The number of rotatable bonds is 6. The summed E-state index contributed by atoms with van der Waals surface area (Å²) in [5, 5.41) is 6.13. The number of likely N-dealkylation sites (N-methyl/N-ethyl adjacent to an activating group) is 1. The van der Waals surface area contributed by atoms with Gasteiger partial charge in [-0.3, -0.25) is 4.79 Å². The molecule has 1 aromatic carbocycles. The largest absolute Gasteiger partial charge is 0.380 e. The minimum atomic E-state index is 0.0521. The zero-order chi connectivity index (χ0) is 15.2. The van der Waals surface area contributed by atoms with Gasteiger partial charge in [-0.25, -0.2) is 0 Å². The predicted molar refractivity (Wildman–Crippen MR) is 93.2 cm³/mol. The molecule has 0 atom stereocenters. The quantitative estimate of drug-likeness (QED) is 0.768. The fourth-order valence-electron chi connectivity index (χ4n) is 1.85. The Balaban J connectivity index is 1.88. The molecule has 0 aliphatic carbocycles. The van der Waals surface area contributed by atoms with E-state index in [2.05, 4.69) is 26.6 Å². The Bertz CT molecular complexity index is 593. The molecule has 1 aromatic heterocycles. The molecule has 6 heteroatoms. The SMILES string of the molecule is CCNC(=O)Cc1ccc(NCc2cc(Br)c(Cl)s2)cc1. The monoisotopic (exact) mass is 386 g/mol. The van der Waals surface area contributed by atoms with Crippen molar-refractivity contribution in [2.24, 2.45) is 0 Å². The average Bonchev–Trinajstić information content (AvgIpc) is 2.77. The molecule has 0 spiro atoms. The first-order valence-corrected chi connectivity index (χ1v) is 8.60. The van der Waals surface area contributed by atoms with E-state index in [0.717, 1.165) is 26.6 Å². The van der Waals surface area contributed by atoms with Crippen molar-refractivity contribution in [1.29, 1.82) is 0 Å². The number of nitrogens with one attached hydrogen (secondary N) is 2. The maximum absolute atomic E-state index is 11.5. The van der Waals surface area contributed by atoms with Gasteiger partial charge in [0.15, 0.2) is 0 Å². The highest BCUT2D eigenvalue weighted by Crippen LogP contribution is 2.32. The Morgan fingerprint density at radius 2 is 2.05 bits per heavy atom. The van der Waals surface area contributed by atoms with E-state index in [-0.39, 0.29) is 5.91 Å². The van der Waals surface area contributed by atoms with Crippen LogP contribution in [0.25, 0.3) is 0 Å². The van der Waals surface area contributed by atoms with Gasteiger partial charge >= 0.3 is 0 Å². The predicted octanol–water partition coefficient (Wildman–Crippen LogP) is 4.45. The highest BCUT2D eigenvalue weighted by molar-refractivity contribution is 9.10. The minimum Gasteiger partial charge on any atom is -0.380 e. The summed E-state index contributed by atoms with van der Waals surface area (Å²) in [4.78, 5) is 12.7. The Morgan fingerprint density at radius 3 is 2.62 bits per heavy atom. The lowest BCUT2D eigenvalue weighted by molar-refractivity contribution is -0.120. The normalized spacial score (nSPS) is 10.4. The molecule has 1 amide bonds. The molecule has 0 radical (unpaired) electrons. The van der Waals surface area contributed by atoms with Crippen molar-refractivity contribution in [3.05, 3.63) is 49.6 Å². The molecular formula is C15H16BrClN2OS. The van der Waals surface area contributed by atoms with E-state index in [1.807, 2.05) is 37.3 Å². The molecule has 0 unspecified atom stereocenters. The van der Waals surface area contributed by atoms with Gasteiger partial charge in [-0.05, 0) is 46.6 Å². The van der Waals surface area contributed by atoms with Crippen molar-refractivity contribution in [3.63, 3.8) is 0 Å². The smallest absolute Gasteiger partial charge is 0.224 e. The lowest BCUT2D eigenvalue weighted by atomic mass is 10.1. The summed E-state index contributed by atoms with van der Waals surface area (Å²) in [5.41, 5.74) is 2.03. The second-order valence-electron chi connectivity index (χ2n) is 4.52. The number of carbonyl (C=O) groups is 1. The molecule has 2 N–H and O–H groups in total. The average molecular weight is 388 g/mol. The maximum Gasteiger partial charge on any atom is 0.224 e. The van der Waals surface area contributed by atoms with E-state index < -0.39 is 0 Å². The molecule has 0 aliphatic rings. The van der Waals surface area contributed by atoms with Crippen molar-refractivity contribution in [2.45, 2.75) is 19.9 Å². The number of hydrogen-bond donors (Lipinski definition) is 2. The van der Waals surface area contributed by atoms with Crippen molar-refractivity contribution >= 4 is 50.5 Å².